The Morgan fingerprint density at radius 1 is 1.60 bits per heavy atom. The van der Waals surface area contributed by atoms with E-state index in [1.807, 2.05) is 0 Å². The lowest BCUT2D eigenvalue weighted by atomic mass is 10.1. The van der Waals surface area contributed by atoms with Crippen LogP contribution in [0.3, 0.4) is 0 Å². The second kappa shape index (κ2) is 3.86. The first-order chi connectivity index (χ1) is 7.22. The van der Waals surface area contributed by atoms with Gasteiger partial charge in [-0.05, 0) is 5.56 Å². The van der Waals surface area contributed by atoms with E-state index in [2.05, 4.69) is 19.9 Å². The van der Waals surface area contributed by atoms with Crippen molar-refractivity contribution in [2.75, 3.05) is 7.11 Å². The Morgan fingerprint density at radius 3 is 3.13 bits per heavy atom. The summed E-state index contributed by atoms with van der Waals surface area (Å²) in [7, 11) is 1.34. The molecule has 0 bridgehead atoms. The van der Waals surface area contributed by atoms with E-state index in [9.17, 15) is 4.79 Å². The maximum atomic E-state index is 11.2. The highest BCUT2D eigenvalue weighted by Crippen LogP contribution is 2.23. The van der Waals surface area contributed by atoms with Crippen molar-refractivity contribution in [3.05, 3.63) is 23.0 Å². The maximum absolute atomic E-state index is 11.2. The van der Waals surface area contributed by atoms with Gasteiger partial charge in [-0.25, -0.2) is 4.98 Å². The zero-order valence-electron chi connectivity index (χ0n) is 7.95. The third-order valence-electron chi connectivity index (χ3n) is 2.09. The first kappa shape index (κ1) is 9.92. The molecular weight excluding hydrogens is 218 g/mol. The Hall–Kier alpha value is -1.62. The number of carbonyl (C=O) groups is 1. The average molecular weight is 226 g/mol. The molecule has 0 saturated heterocycles. The summed E-state index contributed by atoms with van der Waals surface area (Å²) in [6.07, 6.45) is 3.20. The molecule has 5 nitrogen and oxygen atoms in total. The molecule has 0 saturated carbocycles. The fourth-order valence-electron chi connectivity index (χ4n) is 1.32. The van der Waals surface area contributed by atoms with Gasteiger partial charge in [-0.15, -0.1) is 0 Å². The fourth-order valence-corrected chi connectivity index (χ4v) is 1.54. The number of nitrogens with zero attached hydrogens (tertiary/aromatic N) is 2. The standard InChI is InChI=1S/C9H8ClN3O2/c1-15-8(14)2-5-6-3-12-13-9(6)11-4-7(5)10/h3-4H,2H2,1H3,(H,11,12,13). The highest BCUT2D eigenvalue weighted by Gasteiger charge is 2.12. The molecule has 0 unspecified atom stereocenters. The number of halogens is 1. The average Bonchev–Trinajstić information content (AvgIpc) is 2.70. The number of esters is 1. The monoisotopic (exact) mass is 225 g/mol. The first-order valence-electron chi connectivity index (χ1n) is 4.25. The minimum Gasteiger partial charge on any atom is -0.469 e. The first-order valence-corrected chi connectivity index (χ1v) is 4.63. The summed E-state index contributed by atoms with van der Waals surface area (Å²) < 4.78 is 4.59. The Labute approximate surface area is 90.4 Å². The molecule has 0 atom stereocenters. The van der Waals surface area contributed by atoms with Gasteiger partial charge in [0.1, 0.15) is 0 Å². The molecule has 0 spiro atoms. The van der Waals surface area contributed by atoms with Crippen LogP contribution >= 0.6 is 11.6 Å². The van der Waals surface area contributed by atoms with Crippen LogP contribution in [0.4, 0.5) is 0 Å². The summed E-state index contributed by atoms with van der Waals surface area (Å²) >= 11 is 5.95. The predicted octanol–water partition coefficient (Wildman–Crippen LogP) is 1.33. The minimum absolute atomic E-state index is 0.119. The van der Waals surface area contributed by atoms with Crippen LogP contribution in [-0.2, 0) is 16.0 Å². The molecule has 15 heavy (non-hydrogen) atoms. The van der Waals surface area contributed by atoms with E-state index in [-0.39, 0.29) is 12.4 Å². The SMILES string of the molecule is COC(=O)Cc1c(Cl)cnc2[nH]ncc12. The van der Waals surface area contributed by atoms with Crippen LogP contribution in [0.5, 0.6) is 0 Å². The van der Waals surface area contributed by atoms with Gasteiger partial charge in [0.2, 0.25) is 0 Å². The smallest absolute Gasteiger partial charge is 0.310 e. The van der Waals surface area contributed by atoms with Crippen molar-refractivity contribution >= 4 is 28.6 Å². The van der Waals surface area contributed by atoms with E-state index >= 15 is 0 Å². The quantitative estimate of drug-likeness (QED) is 0.783. The number of carbonyl (C=O) groups excluding carboxylic acids is 1. The number of rotatable bonds is 2. The maximum Gasteiger partial charge on any atom is 0.310 e. The second-order valence-corrected chi connectivity index (χ2v) is 3.38. The summed E-state index contributed by atoms with van der Waals surface area (Å²) in [5, 5.41) is 7.73. The number of aromatic nitrogens is 3. The number of aromatic amines is 1. The van der Waals surface area contributed by atoms with E-state index in [1.54, 1.807) is 6.20 Å². The van der Waals surface area contributed by atoms with Gasteiger partial charge in [0, 0.05) is 11.6 Å². The Morgan fingerprint density at radius 2 is 2.40 bits per heavy atom. The number of hydrogen-bond donors (Lipinski definition) is 1. The van der Waals surface area contributed by atoms with Crippen molar-refractivity contribution in [3.8, 4) is 0 Å². The van der Waals surface area contributed by atoms with Gasteiger partial charge in [-0.3, -0.25) is 9.89 Å². The molecule has 78 valence electrons. The van der Waals surface area contributed by atoms with E-state index < -0.39 is 0 Å². The van der Waals surface area contributed by atoms with Crippen LogP contribution in [0, 0.1) is 0 Å². The molecule has 0 aliphatic rings. The Kier molecular flexibility index (Phi) is 2.55. The molecule has 0 fully saturated rings. The summed E-state index contributed by atoms with van der Waals surface area (Å²) in [5.41, 5.74) is 1.29. The topological polar surface area (TPSA) is 67.9 Å². The van der Waals surface area contributed by atoms with Crippen molar-refractivity contribution in [2.45, 2.75) is 6.42 Å². The zero-order chi connectivity index (χ0) is 10.8. The van der Waals surface area contributed by atoms with Crippen LogP contribution in [0.2, 0.25) is 5.02 Å². The number of ether oxygens (including phenoxy) is 1. The Bertz CT molecular complexity index is 509. The number of methoxy groups -OCH3 is 1. The minimum atomic E-state index is -0.342. The number of hydrogen-bond acceptors (Lipinski definition) is 4. The van der Waals surface area contributed by atoms with E-state index in [1.165, 1.54) is 13.3 Å². The molecule has 2 aromatic heterocycles. The van der Waals surface area contributed by atoms with Gasteiger partial charge in [0.05, 0.1) is 24.8 Å². The summed E-state index contributed by atoms with van der Waals surface area (Å²) in [5.74, 6) is -0.342. The lowest BCUT2D eigenvalue weighted by Crippen LogP contribution is -2.05. The van der Waals surface area contributed by atoms with Crippen LogP contribution in [0.25, 0.3) is 11.0 Å². The summed E-state index contributed by atoms with van der Waals surface area (Å²) in [6, 6.07) is 0. The lowest BCUT2D eigenvalue weighted by Gasteiger charge is -2.03. The van der Waals surface area contributed by atoms with Gasteiger partial charge < -0.3 is 4.74 Å². The van der Waals surface area contributed by atoms with Crippen LogP contribution in [0.1, 0.15) is 5.56 Å². The molecule has 1 N–H and O–H groups in total. The molecular formula is C9H8ClN3O2. The van der Waals surface area contributed by atoms with Crippen molar-refractivity contribution in [2.24, 2.45) is 0 Å². The molecule has 6 heteroatoms. The second-order valence-electron chi connectivity index (χ2n) is 2.97. The molecule has 0 radical (unpaired) electrons. The summed E-state index contributed by atoms with van der Waals surface area (Å²) in [4.78, 5) is 15.2. The molecule has 2 rings (SSSR count). The highest BCUT2D eigenvalue weighted by molar-refractivity contribution is 6.32. The number of pyridine rings is 1. The highest BCUT2D eigenvalue weighted by atomic mass is 35.5. The third kappa shape index (κ3) is 1.78. The van der Waals surface area contributed by atoms with E-state index in [0.717, 1.165) is 5.39 Å². The normalized spacial score (nSPS) is 10.5. The van der Waals surface area contributed by atoms with Gasteiger partial charge in [-0.1, -0.05) is 11.6 Å². The molecule has 2 heterocycles. The molecule has 0 amide bonds. The van der Waals surface area contributed by atoms with Gasteiger partial charge in [-0.2, -0.15) is 5.10 Å². The molecule has 0 aliphatic carbocycles. The van der Waals surface area contributed by atoms with Crippen molar-refractivity contribution in [1.29, 1.82) is 0 Å². The zero-order valence-corrected chi connectivity index (χ0v) is 8.71. The number of H-pyrrole nitrogens is 1. The molecule has 2 aromatic rings. The van der Waals surface area contributed by atoms with Crippen LogP contribution in [0.15, 0.2) is 12.4 Å². The molecule has 0 aromatic carbocycles. The predicted molar refractivity (Wildman–Crippen MR) is 54.6 cm³/mol. The van der Waals surface area contributed by atoms with Crippen molar-refractivity contribution in [3.63, 3.8) is 0 Å². The van der Waals surface area contributed by atoms with Crippen molar-refractivity contribution in [1.82, 2.24) is 15.2 Å². The number of fused-ring (bicyclic) bond motifs is 1. The lowest BCUT2D eigenvalue weighted by molar-refractivity contribution is -0.139. The number of nitrogens with one attached hydrogen (secondary N) is 1. The summed E-state index contributed by atoms with van der Waals surface area (Å²) in [6.45, 7) is 0. The fraction of sp³-hybridized carbons (Fsp3) is 0.222. The third-order valence-corrected chi connectivity index (χ3v) is 2.41. The molecule has 0 aliphatic heterocycles. The van der Waals surface area contributed by atoms with Gasteiger partial charge in [0.25, 0.3) is 0 Å². The van der Waals surface area contributed by atoms with Crippen LogP contribution < -0.4 is 0 Å². The van der Waals surface area contributed by atoms with Gasteiger partial charge in [0.15, 0.2) is 5.65 Å². The van der Waals surface area contributed by atoms with Gasteiger partial charge >= 0.3 is 5.97 Å². The van der Waals surface area contributed by atoms with E-state index in [4.69, 9.17) is 11.6 Å². The Balaban J connectivity index is 2.51. The van der Waals surface area contributed by atoms with Crippen molar-refractivity contribution < 1.29 is 9.53 Å². The largest absolute Gasteiger partial charge is 0.469 e. The van der Waals surface area contributed by atoms with Crippen LogP contribution in [-0.4, -0.2) is 28.3 Å². The van der Waals surface area contributed by atoms with E-state index in [0.29, 0.717) is 16.2 Å².